The van der Waals surface area contributed by atoms with Gasteiger partial charge in [0, 0.05) is 31.5 Å². The van der Waals surface area contributed by atoms with Gasteiger partial charge >= 0.3 is 0 Å². The van der Waals surface area contributed by atoms with E-state index in [9.17, 15) is 9.59 Å². The molecule has 3 aromatic rings. The zero-order valence-electron chi connectivity index (χ0n) is 17.0. The van der Waals surface area contributed by atoms with Crippen LogP contribution >= 0.6 is 11.3 Å². The molecule has 10 nitrogen and oxygen atoms in total. The minimum Gasteiger partial charge on any atom is -0.421 e. The second kappa shape index (κ2) is 9.67. The van der Waals surface area contributed by atoms with Gasteiger partial charge in [-0.3, -0.25) is 20.4 Å². The van der Waals surface area contributed by atoms with E-state index >= 15 is 0 Å². The minimum absolute atomic E-state index is 0.0946. The van der Waals surface area contributed by atoms with Crippen LogP contribution in [0.15, 0.2) is 34.7 Å². The summed E-state index contributed by atoms with van der Waals surface area (Å²) in [6.45, 7) is 4.54. The minimum atomic E-state index is -0.396. The van der Waals surface area contributed by atoms with E-state index in [2.05, 4.69) is 30.9 Å². The fourth-order valence-corrected chi connectivity index (χ4v) is 4.01. The molecule has 3 heterocycles. The molecule has 162 valence electrons. The van der Waals surface area contributed by atoms with E-state index in [1.165, 1.54) is 11.3 Å². The number of aryl methyl sites for hydroxylation is 2. The molecule has 1 aromatic carbocycles. The van der Waals surface area contributed by atoms with Crippen LogP contribution < -0.4 is 15.8 Å². The van der Waals surface area contributed by atoms with Crippen LogP contribution in [0.4, 0.5) is 5.13 Å². The Balaban J connectivity index is 1.26. The number of hydrogen-bond donors (Lipinski definition) is 2. The first kappa shape index (κ1) is 20.9. The summed E-state index contributed by atoms with van der Waals surface area (Å²) in [5, 5.41) is 8.74. The van der Waals surface area contributed by atoms with Crippen LogP contribution in [0.25, 0.3) is 11.5 Å². The summed E-state index contributed by atoms with van der Waals surface area (Å²) in [6.07, 6.45) is 0.361. The number of hydrazine groups is 1. The molecule has 1 aliphatic heterocycles. The molecule has 2 amide bonds. The number of rotatable bonds is 6. The zero-order valence-corrected chi connectivity index (χ0v) is 17.8. The molecule has 11 heteroatoms. The average Bonchev–Trinajstić information content (AvgIpc) is 3.44. The zero-order chi connectivity index (χ0) is 21.6. The van der Waals surface area contributed by atoms with Crippen LogP contribution in [-0.2, 0) is 16.0 Å². The number of ether oxygens (including phenoxy) is 1. The number of nitrogens with one attached hydrogen (secondary N) is 2. The number of aromatic nitrogens is 3. The summed E-state index contributed by atoms with van der Waals surface area (Å²) >= 11 is 1.30. The van der Waals surface area contributed by atoms with E-state index in [0.717, 1.165) is 23.8 Å². The normalized spacial score (nSPS) is 13.8. The first-order chi connectivity index (χ1) is 15.1. The van der Waals surface area contributed by atoms with Crippen LogP contribution in [0.2, 0.25) is 0 Å². The third-order valence-electron chi connectivity index (χ3n) is 4.64. The molecule has 31 heavy (non-hydrogen) atoms. The molecule has 0 saturated carbocycles. The maximum absolute atomic E-state index is 12.5. The van der Waals surface area contributed by atoms with Gasteiger partial charge in [-0.1, -0.05) is 29.5 Å². The Labute approximate surface area is 182 Å². The van der Waals surface area contributed by atoms with Crippen molar-refractivity contribution in [3.8, 4) is 11.5 Å². The summed E-state index contributed by atoms with van der Waals surface area (Å²) in [4.78, 5) is 31.6. The lowest BCUT2D eigenvalue weighted by Crippen LogP contribution is -2.41. The summed E-state index contributed by atoms with van der Waals surface area (Å²) in [6, 6.07) is 9.39. The molecule has 1 saturated heterocycles. The van der Waals surface area contributed by atoms with Crippen molar-refractivity contribution in [2.24, 2.45) is 0 Å². The molecule has 0 aliphatic carbocycles. The van der Waals surface area contributed by atoms with E-state index in [4.69, 9.17) is 9.15 Å². The summed E-state index contributed by atoms with van der Waals surface area (Å²) in [7, 11) is 0. The summed E-state index contributed by atoms with van der Waals surface area (Å²) in [5.41, 5.74) is 6.30. The molecule has 0 unspecified atom stereocenters. The van der Waals surface area contributed by atoms with Gasteiger partial charge in [0.15, 0.2) is 5.13 Å². The van der Waals surface area contributed by atoms with Crippen molar-refractivity contribution < 1.29 is 18.7 Å². The number of anilines is 1. The number of amides is 2. The standard InChI is InChI=1S/C20H22N6O4S/c1-13-17(31-20(21-13)26-9-11-29-12-10-26)18(28)24-22-15(27)7-8-16-23-25-19(30-16)14-5-3-2-4-6-14/h2-6H,7-12H2,1H3,(H,22,27)(H,24,28). The molecular formula is C20H22N6O4S. The average molecular weight is 443 g/mol. The Kier molecular flexibility index (Phi) is 6.53. The first-order valence-electron chi connectivity index (χ1n) is 9.87. The van der Waals surface area contributed by atoms with Crippen molar-refractivity contribution in [1.82, 2.24) is 26.0 Å². The lowest BCUT2D eigenvalue weighted by Gasteiger charge is -2.25. The first-order valence-corrected chi connectivity index (χ1v) is 10.7. The van der Waals surface area contributed by atoms with Gasteiger partial charge in [0.1, 0.15) is 4.88 Å². The Morgan fingerprint density at radius 1 is 1.13 bits per heavy atom. The van der Waals surface area contributed by atoms with Crippen LogP contribution in [0.3, 0.4) is 0 Å². The van der Waals surface area contributed by atoms with Gasteiger partial charge in [-0.25, -0.2) is 4.98 Å². The summed E-state index contributed by atoms with van der Waals surface area (Å²) in [5.74, 6) is 0.00485. The van der Waals surface area contributed by atoms with E-state index in [0.29, 0.717) is 35.6 Å². The third-order valence-corrected chi connectivity index (χ3v) is 5.86. The van der Waals surface area contributed by atoms with Crippen molar-refractivity contribution in [3.63, 3.8) is 0 Å². The molecule has 0 radical (unpaired) electrons. The van der Waals surface area contributed by atoms with Crippen LogP contribution in [0.5, 0.6) is 0 Å². The number of morpholine rings is 1. The second-order valence-electron chi connectivity index (χ2n) is 6.88. The number of hydrogen-bond acceptors (Lipinski definition) is 9. The van der Waals surface area contributed by atoms with Gasteiger partial charge < -0.3 is 14.1 Å². The quantitative estimate of drug-likeness (QED) is 0.554. The molecule has 1 fully saturated rings. The van der Waals surface area contributed by atoms with Crippen molar-refractivity contribution in [3.05, 3.63) is 46.8 Å². The highest BCUT2D eigenvalue weighted by Crippen LogP contribution is 2.26. The second-order valence-corrected chi connectivity index (χ2v) is 7.86. The van der Waals surface area contributed by atoms with Gasteiger partial charge in [0.2, 0.25) is 17.7 Å². The maximum Gasteiger partial charge on any atom is 0.281 e. The van der Waals surface area contributed by atoms with E-state index < -0.39 is 5.91 Å². The highest BCUT2D eigenvalue weighted by atomic mass is 32.1. The van der Waals surface area contributed by atoms with Gasteiger partial charge in [-0.05, 0) is 19.1 Å². The summed E-state index contributed by atoms with van der Waals surface area (Å²) < 4.78 is 10.9. The van der Waals surface area contributed by atoms with Crippen LogP contribution in [0, 0.1) is 6.92 Å². The van der Waals surface area contributed by atoms with E-state index in [1.54, 1.807) is 6.92 Å². The smallest absolute Gasteiger partial charge is 0.281 e. The van der Waals surface area contributed by atoms with Crippen molar-refractivity contribution >= 4 is 28.3 Å². The van der Waals surface area contributed by atoms with Crippen LogP contribution in [-0.4, -0.2) is 53.3 Å². The van der Waals surface area contributed by atoms with Crippen molar-refractivity contribution in [2.45, 2.75) is 19.8 Å². The maximum atomic E-state index is 12.5. The van der Waals surface area contributed by atoms with Crippen LogP contribution in [0.1, 0.15) is 27.7 Å². The molecule has 0 spiro atoms. The SMILES string of the molecule is Cc1nc(N2CCOCC2)sc1C(=O)NNC(=O)CCc1nnc(-c2ccccc2)o1. The molecule has 0 bridgehead atoms. The topological polar surface area (TPSA) is 122 Å². The molecule has 2 N–H and O–H groups in total. The largest absolute Gasteiger partial charge is 0.421 e. The molecule has 2 aromatic heterocycles. The molecule has 4 rings (SSSR count). The Morgan fingerprint density at radius 3 is 2.68 bits per heavy atom. The van der Waals surface area contributed by atoms with E-state index in [-0.39, 0.29) is 18.7 Å². The highest BCUT2D eigenvalue weighted by Gasteiger charge is 2.21. The molecule has 1 aliphatic rings. The molecular weight excluding hydrogens is 420 g/mol. The van der Waals surface area contributed by atoms with Gasteiger partial charge in [-0.15, -0.1) is 10.2 Å². The Hall–Kier alpha value is -3.31. The van der Waals surface area contributed by atoms with Crippen molar-refractivity contribution in [2.75, 3.05) is 31.2 Å². The van der Waals surface area contributed by atoms with Gasteiger partial charge in [-0.2, -0.15) is 0 Å². The fraction of sp³-hybridized carbons (Fsp3) is 0.350. The van der Waals surface area contributed by atoms with Gasteiger partial charge in [0.05, 0.1) is 18.9 Å². The predicted molar refractivity (Wildman–Crippen MR) is 114 cm³/mol. The third kappa shape index (κ3) is 5.25. The Bertz CT molecular complexity index is 1050. The fourth-order valence-electron chi connectivity index (χ4n) is 3.00. The highest BCUT2D eigenvalue weighted by molar-refractivity contribution is 7.17. The lowest BCUT2D eigenvalue weighted by atomic mass is 10.2. The number of thiazole rings is 1. The number of benzene rings is 1. The lowest BCUT2D eigenvalue weighted by molar-refractivity contribution is -0.121. The molecule has 0 atom stereocenters. The van der Waals surface area contributed by atoms with Gasteiger partial charge in [0.25, 0.3) is 5.91 Å². The van der Waals surface area contributed by atoms with E-state index in [1.807, 2.05) is 30.3 Å². The Morgan fingerprint density at radius 2 is 1.90 bits per heavy atom. The number of carbonyl (C=O) groups excluding carboxylic acids is 2. The predicted octanol–water partition coefficient (Wildman–Crippen LogP) is 1.73. The number of nitrogens with zero attached hydrogens (tertiary/aromatic N) is 4. The monoisotopic (exact) mass is 442 g/mol. The number of carbonyl (C=O) groups is 2. The van der Waals surface area contributed by atoms with Crippen molar-refractivity contribution in [1.29, 1.82) is 0 Å².